The highest BCUT2D eigenvalue weighted by atomic mass is 32.2. The fraction of sp³-hybridized carbons (Fsp3) is 0. The minimum atomic E-state index is -4.31. The molecule has 0 amide bonds. The van der Waals surface area contributed by atoms with Crippen molar-refractivity contribution in [1.82, 2.24) is 0 Å². The molecule has 0 aromatic heterocycles. The van der Waals surface area contributed by atoms with Gasteiger partial charge in [-0.25, -0.2) is 0 Å². The van der Waals surface area contributed by atoms with E-state index in [1.54, 1.807) is 18.2 Å². The highest BCUT2D eigenvalue weighted by Crippen LogP contribution is 2.33. The predicted octanol–water partition coefficient (Wildman–Crippen LogP) is 3.75. The van der Waals surface area contributed by atoms with Gasteiger partial charge in [-0.2, -0.15) is 8.42 Å². The maximum Gasteiger partial charge on any atom is 0.295 e. The molecular weight excluding hydrogens is 272 g/mol. The van der Waals surface area contributed by atoms with Crippen molar-refractivity contribution in [2.24, 2.45) is 0 Å². The average Bonchev–Trinajstić information content (AvgIpc) is 2.46. The zero-order chi connectivity index (χ0) is 14.2. The Morgan fingerprint density at radius 2 is 1.40 bits per heavy atom. The fourth-order valence-corrected chi connectivity index (χ4v) is 3.29. The largest absolute Gasteiger partial charge is 0.295 e. The van der Waals surface area contributed by atoms with Crippen molar-refractivity contribution >= 4 is 20.9 Å². The topological polar surface area (TPSA) is 54.4 Å². The Morgan fingerprint density at radius 1 is 0.750 bits per heavy atom. The van der Waals surface area contributed by atoms with Gasteiger partial charge in [-0.1, -0.05) is 66.7 Å². The second-order valence-electron chi connectivity index (χ2n) is 4.50. The van der Waals surface area contributed by atoms with E-state index >= 15 is 0 Å². The zero-order valence-corrected chi connectivity index (χ0v) is 11.3. The van der Waals surface area contributed by atoms with Crippen LogP contribution in [0.5, 0.6) is 0 Å². The summed E-state index contributed by atoms with van der Waals surface area (Å²) in [5.41, 5.74) is 1.26. The van der Waals surface area contributed by atoms with Crippen LogP contribution in [-0.2, 0) is 10.1 Å². The molecule has 0 heterocycles. The summed E-state index contributed by atoms with van der Waals surface area (Å²) in [5.74, 6) is 0. The normalized spacial score (nSPS) is 11.7. The molecule has 0 bridgehead atoms. The van der Waals surface area contributed by atoms with Crippen molar-refractivity contribution in [3.63, 3.8) is 0 Å². The molecule has 3 aromatic rings. The molecular formula is C16H12O3S. The smallest absolute Gasteiger partial charge is 0.282 e. The molecule has 3 aromatic carbocycles. The van der Waals surface area contributed by atoms with E-state index in [0.717, 1.165) is 10.9 Å². The molecule has 0 radical (unpaired) electrons. The quantitative estimate of drug-likeness (QED) is 0.729. The molecule has 0 unspecified atom stereocenters. The highest BCUT2D eigenvalue weighted by molar-refractivity contribution is 7.86. The van der Waals surface area contributed by atoms with Crippen LogP contribution in [0.1, 0.15) is 0 Å². The van der Waals surface area contributed by atoms with Gasteiger partial charge >= 0.3 is 0 Å². The van der Waals surface area contributed by atoms with Crippen LogP contribution >= 0.6 is 0 Å². The minimum Gasteiger partial charge on any atom is -0.282 e. The first-order chi connectivity index (χ1) is 9.57. The van der Waals surface area contributed by atoms with E-state index in [4.69, 9.17) is 0 Å². The van der Waals surface area contributed by atoms with Gasteiger partial charge in [-0.3, -0.25) is 4.55 Å². The molecule has 0 fully saturated rings. The van der Waals surface area contributed by atoms with Gasteiger partial charge in [0.15, 0.2) is 0 Å². The van der Waals surface area contributed by atoms with Gasteiger partial charge in [0, 0.05) is 10.9 Å². The molecule has 20 heavy (non-hydrogen) atoms. The van der Waals surface area contributed by atoms with Crippen LogP contribution in [0.4, 0.5) is 0 Å². The summed E-state index contributed by atoms with van der Waals surface area (Å²) in [6.07, 6.45) is 0. The second kappa shape index (κ2) is 4.74. The highest BCUT2D eigenvalue weighted by Gasteiger charge is 2.19. The van der Waals surface area contributed by atoms with Gasteiger partial charge in [-0.15, -0.1) is 0 Å². The molecule has 0 aliphatic rings. The first-order valence-corrected chi connectivity index (χ1v) is 7.56. The van der Waals surface area contributed by atoms with Gasteiger partial charge in [0.25, 0.3) is 10.1 Å². The summed E-state index contributed by atoms with van der Waals surface area (Å²) < 4.78 is 33.2. The van der Waals surface area contributed by atoms with Crippen molar-refractivity contribution in [2.75, 3.05) is 0 Å². The van der Waals surface area contributed by atoms with Crippen LogP contribution in [0.3, 0.4) is 0 Å². The molecule has 0 saturated heterocycles. The molecule has 0 aliphatic heterocycles. The van der Waals surface area contributed by atoms with Gasteiger partial charge in [-0.05, 0) is 10.9 Å². The summed E-state index contributed by atoms with van der Waals surface area (Å²) in [7, 11) is -4.31. The van der Waals surface area contributed by atoms with E-state index in [0.29, 0.717) is 10.9 Å². The molecule has 3 rings (SSSR count). The van der Waals surface area contributed by atoms with Crippen molar-refractivity contribution < 1.29 is 13.0 Å². The zero-order valence-electron chi connectivity index (χ0n) is 10.5. The van der Waals surface area contributed by atoms with Crippen molar-refractivity contribution in [3.8, 4) is 11.1 Å². The second-order valence-corrected chi connectivity index (χ2v) is 5.86. The molecule has 4 heteroatoms. The molecule has 0 saturated carbocycles. The van der Waals surface area contributed by atoms with Gasteiger partial charge in [0.1, 0.15) is 4.90 Å². The van der Waals surface area contributed by atoms with Crippen molar-refractivity contribution in [1.29, 1.82) is 0 Å². The molecule has 100 valence electrons. The molecule has 1 N–H and O–H groups in total. The maximum atomic E-state index is 11.8. The average molecular weight is 284 g/mol. The third kappa shape index (κ3) is 2.19. The number of fused-ring (bicyclic) bond motifs is 1. The lowest BCUT2D eigenvalue weighted by Gasteiger charge is -2.11. The molecule has 0 aliphatic carbocycles. The lowest BCUT2D eigenvalue weighted by atomic mass is 10.0. The van der Waals surface area contributed by atoms with E-state index < -0.39 is 10.1 Å². The fourth-order valence-electron chi connectivity index (χ4n) is 2.37. The molecule has 0 spiro atoms. The van der Waals surface area contributed by atoms with Crippen LogP contribution in [0.15, 0.2) is 71.6 Å². The molecule has 0 atom stereocenters. The van der Waals surface area contributed by atoms with E-state index in [-0.39, 0.29) is 4.90 Å². The Kier molecular flexibility index (Phi) is 3.04. The number of benzene rings is 3. The number of rotatable bonds is 2. The number of hydrogen-bond acceptors (Lipinski definition) is 2. The third-order valence-electron chi connectivity index (χ3n) is 3.22. The standard InChI is InChI=1S/C16H12O3S/c17-20(18,19)16-14-9-5-4-8-13(14)10-11-15(16)12-6-2-1-3-7-12/h1-11H,(H,17,18,19). The Bertz CT molecular complexity index is 869. The van der Waals surface area contributed by atoms with Crippen molar-refractivity contribution in [2.45, 2.75) is 4.90 Å². The summed E-state index contributed by atoms with van der Waals surface area (Å²) in [6.45, 7) is 0. The monoisotopic (exact) mass is 284 g/mol. The first kappa shape index (κ1) is 12.8. The Balaban J connectivity index is 2.45. The summed E-state index contributed by atoms with van der Waals surface area (Å²) >= 11 is 0. The molecule has 3 nitrogen and oxygen atoms in total. The van der Waals surface area contributed by atoms with Crippen LogP contribution < -0.4 is 0 Å². The van der Waals surface area contributed by atoms with E-state index in [9.17, 15) is 13.0 Å². The summed E-state index contributed by atoms with van der Waals surface area (Å²) in [5, 5.41) is 1.30. The minimum absolute atomic E-state index is 0.0400. The third-order valence-corrected chi connectivity index (χ3v) is 4.18. The van der Waals surface area contributed by atoms with Crippen LogP contribution in [0.25, 0.3) is 21.9 Å². The SMILES string of the molecule is O=S(=O)(O)c1c(-c2ccccc2)ccc2ccccc12. The summed E-state index contributed by atoms with van der Waals surface area (Å²) in [4.78, 5) is -0.0400. The van der Waals surface area contributed by atoms with E-state index in [1.807, 2.05) is 48.5 Å². The lowest BCUT2D eigenvalue weighted by molar-refractivity contribution is 0.484. The summed E-state index contributed by atoms with van der Waals surface area (Å²) in [6, 6.07) is 19.8. The van der Waals surface area contributed by atoms with Crippen LogP contribution in [0.2, 0.25) is 0 Å². The Morgan fingerprint density at radius 3 is 2.10 bits per heavy atom. The van der Waals surface area contributed by atoms with E-state index in [2.05, 4.69) is 0 Å². The van der Waals surface area contributed by atoms with Crippen molar-refractivity contribution in [3.05, 3.63) is 66.7 Å². The van der Waals surface area contributed by atoms with Gasteiger partial charge < -0.3 is 0 Å². The Labute approximate surface area is 117 Å². The van der Waals surface area contributed by atoms with Crippen LogP contribution in [-0.4, -0.2) is 13.0 Å². The van der Waals surface area contributed by atoms with Gasteiger partial charge in [0.2, 0.25) is 0 Å². The van der Waals surface area contributed by atoms with Gasteiger partial charge in [0.05, 0.1) is 0 Å². The van der Waals surface area contributed by atoms with Crippen LogP contribution in [0, 0.1) is 0 Å². The first-order valence-electron chi connectivity index (χ1n) is 6.12. The lowest BCUT2D eigenvalue weighted by Crippen LogP contribution is -2.02. The number of hydrogen-bond donors (Lipinski definition) is 1. The maximum absolute atomic E-state index is 11.8. The predicted molar refractivity (Wildman–Crippen MR) is 79.2 cm³/mol. The Hall–Kier alpha value is -2.17. The van der Waals surface area contributed by atoms with E-state index in [1.165, 1.54) is 0 Å².